The van der Waals surface area contributed by atoms with Gasteiger partial charge in [0.2, 0.25) is 0 Å². The van der Waals surface area contributed by atoms with Gasteiger partial charge in [-0.1, -0.05) is 0 Å². The van der Waals surface area contributed by atoms with Crippen molar-refractivity contribution >= 4 is 70.4 Å². The maximum absolute atomic E-state index is 6.48. The Bertz CT molecular complexity index is 754. The van der Waals surface area contributed by atoms with E-state index < -0.39 is 70.4 Å². The van der Waals surface area contributed by atoms with Gasteiger partial charge in [0, 0.05) is 26.2 Å². The Hall–Kier alpha value is 0.215. The van der Waals surface area contributed by atoms with Crippen LogP contribution in [0.25, 0.3) is 0 Å². The lowest BCUT2D eigenvalue weighted by atomic mass is 11.3. The highest BCUT2D eigenvalue weighted by Crippen LogP contribution is 2.48. The van der Waals surface area contributed by atoms with Crippen LogP contribution in [0.4, 0.5) is 0 Å². The molecule has 0 N–H and O–H groups in total. The molecule has 0 aromatic carbocycles. The van der Waals surface area contributed by atoms with Crippen molar-refractivity contribution in [3.8, 4) is 0 Å². The first kappa shape index (κ1) is 23.9. The van der Waals surface area contributed by atoms with Gasteiger partial charge in [-0.25, -0.2) is 0 Å². The van der Waals surface area contributed by atoms with E-state index in [1.165, 1.54) is 22.8 Å². The summed E-state index contributed by atoms with van der Waals surface area (Å²) >= 11 is 0. The topological polar surface area (TPSA) is 111 Å². The normalized spacial score (nSPS) is 58.6. The van der Waals surface area contributed by atoms with Crippen LogP contribution in [0.2, 0.25) is 26.2 Å². The molecule has 6 heterocycles. The molecule has 0 aliphatic carbocycles. The van der Waals surface area contributed by atoms with Gasteiger partial charge in [-0.05, 0) is 22.8 Å². The van der Waals surface area contributed by atoms with Crippen molar-refractivity contribution in [2.75, 3.05) is 0 Å². The molecule has 0 amide bonds. The van der Waals surface area contributed by atoms with Gasteiger partial charge in [0.1, 0.15) is 0 Å². The molecular formula is C12H24O12Si8. The summed E-state index contributed by atoms with van der Waals surface area (Å²) in [6.45, 7) is 22.3. The third-order valence-electron chi connectivity index (χ3n) is 4.93. The Kier molecular flexibility index (Phi) is 5.17. The molecule has 8 bridgehead atoms. The van der Waals surface area contributed by atoms with Crippen LogP contribution in [0.1, 0.15) is 0 Å². The first-order chi connectivity index (χ1) is 14.7. The fraction of sp³-hybridized carbons (Fsp3) is 0.333. The minimum absolute atomic E-state index is 1.43. The molecule has 6 aliphatic rings. The molecule has 20 heteroatoms. The van der Waals surface area contributed by atoms with Gasteiger partial charge < -0.3 is 49.4 Å². The number of hydrogen-bond donors (Lipinski definition) is 0. The van der Waals surface area contributed by atoms with Crippen LogP contribution in [-0.2, 0) is 49.4 Å². The maximum Gasteiger partial charge on any atom is 0.507 e. The molecular weight excluding hydrogens is 561 g/mol. The third-order valence-corrected chi connectivity index (χ3v) is 38.4. The van der Waals surface area contributed by atoms with Crippen molar-refractivity contribution in [1.29, 1.82) is 0 Å². The van der Waals surface area contributed by atoms with Crippen molar-refractivity contribution in [1.82, 2.24) is 0 Å². The summed E-state index contributed by atoms with van der Waals surface area (Å²) in [6.07, 6.45) is 0. The lowest BCUT2D eigenvalue weighted by molar-refractivity contribution is -0.0118. The quantitative estimate of drug-likeness (QED) is 0.443. The molecule has 0 aromatic rings. The lowest BCUT2D eigenvalue weighted by Gasteiger charge is -2.60. The summed E-state index contributed by atoms with van der Waals surface area (Å²) in [7, 11) is -30.0. The maximum atomic E-state index is 6.48. The average Bonchev–Trinajstić information content (AvgIpc) is 2.60. The average molecular weight is 585 g/mol. The monoisotopic (exact) mass is 584 g/mol. The molecule has 6 fully saturated rings. The van der Waals surface area contributed by atoms with Gasteiger partial charge in [-0.3, -0.25) is 0 Å². The molecule has 0 aromatic heterocycles. The molecule has 6 saturated heterocycles. The summed E-state index contributed by atoms with van der Waals surface area (Å²) in [5.41, 5.74) is 5.71. The zero-order chi connectivity index (χ0) is 23.3. The molecule has 6 rings (SSSR count). The van der Waals surface area contributed by atoms with E-state index in [1.807, 2.05) is 0 Å². The van der Waals surface area contributed by atoms with Gasteiger partial charge in [0.05, 0.1) is 0 Å². The first-order valence-electron chi connectivity index (χ1n) is 9.69. The van der Waals surface area contributed by atoms with Gasteiger partial charge >= 0.3 is 70.4 Å². The highest BCUT2D eigenvalue weighted by Gasteiger charge is 2.79. The molecule has 176 valence electrons. The molecule has 0 saturated carbocycles. The summed E-state index contributed by atoms with van der Waals surface area (Å²) in [6, 6.07) is 0. The second kappa shape index (κ2) is 6.91. The fourth-order valence-corrected chi connectivity index (χ4v) is 46.6. The van der Waals surface area contributed by atoms with E-state index in [9.17, 15) is 0 Å². The van der Waals surface area contributed by atoms with E-state index in [-0.39, 0.29) is 0 Å². The SMILES string of the molecule is C=C[Si]12O[Si]3(C)O[Si]4(C)O[Si]5(C)O[Si](C)(O3)O[Si](C=C)(O1)O[Si](C=C)(O5)O[Si](C=C)(O4)O2. The molecule has 0 spiro atoms. The van der Waals surface area contributed by atoms with Crippen molar-refractivity contribution in [3.05, 3.63) is 49.1 Å². The third kappa shape index (κ3) is 3.64. The van der Waals surface area contributed by atoms with Crippen LogP contribution in [0.15, 0.2) is 49.1 Å². The summed E-state index contributed by atoms with van der Waals surface area (Å²) in [5, 5.41) is 0. The van der Waals surface area contributed by atoms with Gasteiger partial charge in [0.15, 0.2) is 0 Å². The molecule has 6 aliphatic heterocycles. The molecule has 0 atom stereocenters. The zero-order valence-electron chi connectivity index (χ0n) is 18.0. The lowest BCUT2D eigenvalue weighted by Crippen LogP contribution is -2.86. The fourth-order valence-electron chi connectivity index (χ4n) is 4.17. The highest BCUT2D eigenvalue weighted by molar-refractivity contribution is 7.05. The molecule has 0 unspecified atom stereocenters. The van der Waals surface area contributed by atoms with Gasteiger partial charge in [-0.15, -0.1) is 26.3 Å². The summed E-state index contributed by atoms with van der Waals surface area (Å²) < 4.78 is 77.5. The minimum Gasteiger partial charge on any atom is -0.373 e. The van der Waals surface area contributed by atoms with E-state index in [1.54, 1.807) is 26.2 Å². The highest BCUT2D eigenvalue weighted by atomic mass is 28.6. The van der Waals surface area contributed by atoms with E-state index >= 15 is 0 Å². The number of hydrogen-bond acceptors (Lipinski definition) is 12. The van der Waals surface area contributed by atoms with E-state index in [0.29, 0.717) is 0 Å². The first-order valence-corrected chi connectivity index (χ1v) is 25.8. The molecule has 0 radical (unpaired) electrons. The number of rotatable bonds is 4. The Morgan fingerprint density at radius 2 is 0.531 bits per heavy atom. The Morgan fingerprint density at radius 1 is 0.344 bits per heavy atom. The Labute approximate surface area is 194 Å². The van der Waals surface area contributed by atoms with Crippen molar-refractivity contribution in [3.63, 3.8) is 0 Å². The van der Waals surface area contributed by atoms with Crippen LogP contribution in [0.5, 0.6) is 0 Å². The van der Waals surface area contributed by atoms with Crippen molar-refractivity contribution in [2.24, 2.45) is 0 Å². The van der Waals surface area contributed by atoms with E-state index in [0.717, 1.165) is 0 Å². The largest absolute Gasteiger partial charge is 0.507 e. The summed E-state index contributed by atoms with van der Waals surface area (Å²) in [5.74, 6) is 0. The summed E-state index contributed by atoms with van der Waals surface area (Å²) in [4.78, 5) is 0. The minimum atomic E-state index is -3.88. The van der Waals surface area contributed by atoms with Gasteiger partial charge in [-0.2, -0.15) is 0 Å². The molecule has 32 heavy (non-hydrogen) atoms. The van der Waals surface area contributed by atoms with E-state index in [4.69, 9.17) is 49.4 Å². The van der Waals surface area contributed by atoms with E-state index in [2.05, 4.69) is 26.3 Å². The smallest absolute Gasteiger partial charge is 0.373 e. The second-order valence-corrected chi connectivity index (χ2v) is 31.1. The Balaban J connectivity index is 1.86. The van der Waals surface area contributed by atoms with Crippen LogP contribution < -0.4 is 0 Å². The van der Waals surface area contributed by atoms with Gasteiger partial charge in [0.25, 0.3) is 0 Å². The van der Waals surface area contributed by atoms with Crippen molar-refractivity contribution in [2.45, 2.75) is 26.2 Å². The zero-order valence-corrected chi connectivity index (χ0v) is 26.0. The van der Waals surface area contributed by atoms with Crippen LogP contribution in [0.3, 0.4) is 0 Å². The van der Waals surface area contributed by atoms with Crippen molar-refractivity contribution < 1.29 is 49.4 Å². The predicted octanol–water partition coefficient (Wildman–Crippen LogP) is 1.18. The van der Waals surface area contributed by atoms with Crippen LogP contribution >= 0.6 is 0 Å². The van der Waals surface area contributed by atoms with Crippen LogP contribution in [-0.4, -0.2) is 70.4 Å². The standard InChI is InChI=1S/C12H24O12Si8/c1-9-29-17-25(5)13-26(6)15-28(8)16-27(7,14-25)19-31(11-3,22-29)24-32(12-4,20-28)23-30(10-2,18-26)21-29/h9-12H,1-4H2,5-8H3. The Morgan fingerprint density at radius 3 is 0.688 bits per heavy atom. The van der Waals surface area contributed by atoms with Crippen LogP contribution in [0, 0.1) is 0 Å². The molecule has 12 nitrogen and oxygen atoms in total. The second-order valence-electron chi connectivity index (χ2n) is 7.90. The predicted molar refractivity (Wildman–Crippen MR) is 123 cm³/mol.